The van der Waals surface area contributed by atoms with Crippen LogP contribution in [0.3, 0.4) is 0 Å². The van der Waals surface area contributed by atoms with Crippen molar-refractivity contribution in [3.8, 4) is 5.75 Å². The van der Waals surface area contributed by atoms with Crippen molar-refractivity contribution in [2.75, 3.05) is 13.2 Å². The molecule has 0 saturated heterocycles. The first-order chi connectivity index (χ1) is 9.09. The van der Waals surface area contributed by atoms with Crippen LogP contribution in [0.25, 0.3) is 0 Å². The van der Waals surface area contributed by atoms with Crippen molar-refractivity contribution in [1.29, 1.82) is 0 Å². The Kier molecular flexibility index (Phi) is 4.83. The Balaban J connectivity index is 2.13. The molecule has 1 aliphatic rings. The maximum absolute atomic E-state index is 9.33. The summed E-state index contributed by atoms with van der Waals surface area (Å²) in [6.07, 6.45) is 1.54. The first-order valence-electron chi connectivity index (χ1n) is 7.26. The molecule has 0 aromatic heterocycles. The molecule has 3 nitrogen and oxygen atoms in total. The first-order valence-corrected chi connectivity index (χ1v) is 7.26. The number of hydrogen-bond acceptors (Lipinski definition) is 3. The standard InChI is InChI=1S/C16H25NO2/c1-11(2)13-5-4-6-14-15(8-10-19-16(13)14)17-9-7-12(3)18/h4-6,11-12,15,17-18H,7-10H2,1-3H3. The van der Waals surface area contributed by atoms with Gasteiger partial charge in [0.05, 0.1) is 12.7 Å². The Morgan fingerprint density at radius 2 is 2.16 bits per heavy atom. The Morgan fingerprint density at radius 3 is 2.84 bits per heavy atom. The van der Waals surface area contributed by atoms with Gasteiger partial charge in [-0.15, -0.1) is 0 Å². The third kappa shape index (κ3) is 3.48. The zero-order chi connectivity index (χ0) is 13.8. The SMILES string of the molecule is CC(O)CCNC1CCOc2c(C(C)C)cccc21. The third-order valence-corrected chi connectivity index (χ3v) is 3.68. The van der Waals surface area contributed by atoms with E-state index in [4.69, 9.17) is 4.74 Å². The van der Waals surface area contributed by atoms with Crippen LogP contribution in [-0.2, 0) is 0 Å². The van der Waals surface area contributed by atoms with Gasteiger partial charge in [-0.2, -0.15) is 0 Å². The molecule has 0 bridgehead atoms. The number of nitrogens with one attached hydrogen (secondary N) is 1. The second kappa shape index (κ2) is 6.40. The van der Waals surface area contributed by atoms with E-state index in [2.05, 4.69) is 37.4 Å². The van der Waals surface area contributed by atoms with Crippen molar-refractivity contribution in [2.45, 2.75) is 51.7 Å². The second-order valence-electron chi connectivity index (χ2n) is 5.70. The van der Waals surface area contributed by atoms with E-state index in [-0.39, 0.29) is 6.10 Å². The molecule has 2 atom stereocenters. The van der Waals surface area contributed by atoms with Gasteiger partial charge >= 0.3 is 0 Å². The lowest BCUT2D eigenvalue weighted by Crippen LogP contribution is -2.29. The van der Waals surface area contributed by atoms with Crippen molar-refractivity contribution in [3.05, 3.63) is 29.3 Å². The summed E-state index contributed by atoms with van der Waals surface area (Å²) in [5.41, 5.74) is 2.56. The maximum Gasteiger partial charge on any atom is 0.127 e. The molecule has 2 rings (SSSR count). The van der Waals surface area contributed by atoms with Gasteiger partial charge < -0.3 is 15.2 Å². The second-order valence-corrected chi connectivity index (χ2v) is 5.70. The number of aliphatic hydroxyl groups is 1. The van der Waals surface area contributed by atoms with Crippen LogP contribution in [0, 0.1) is 0 Å². The summed E-state index contributed by atoms with van der Waals surface area (Å²) in [5.74, 6) is 1.55. The molecule has 0 aliphatic carbocycles. The predicted octanol–water partition coefficient (Wildman–Crippen LogP) is 2.99. The van der Waals surface area contributed by atoms with Gasteiger partial charge in [0.15, 0.2) is 0 Å². The number of aliphatic hydroxyl groups excluding tert-OH is 1. The summed E-state index contributed by atoms with van der Waals surface area (Å²) >= 11 is 0. The molecule has 2 N–H and O–H groups in total. The summed E-state index contributed by atoms with van der Waals surface area (Å²) in [6, 6.07) is 6.77. The van der Waals surface area contributed by atoms with Crippen LogP contribution in [0.2, 0.25) is 0 Å². The van der Waals surface area contributed by atoms with Gasteiger partial charge in [0, 0.05) is 18.0 Å². The lowest BCUT2D eigenvalue weighted by molar-refractivity contribution is 0.179. The van der Waals surface area contributed by atoms with Crippen molar-refractivity contribution < 1.29 is 9.84 Å². The highest BCUT2D eigenvalue weighted by Crippen LogP contribution is 2.37. The lowest BCUT2D eigenvalue weighted by Gasteiger charge is -2.29. The zero-order valence-corrected chi connectivity index (χ0v) is 12.1. The van der Waals surface area contributed by atoms with Crippen LogP contribution in [0.5, 0.6) is 5.75 Å². The van der Waals surface area contributed by atoms with Crippen LogP contribution < -0.4 is 10.1 Å². The van der Waals surface area contributed by atoms with E-state index in [1.807, 2.05) is 6.92 Å². The highest BCUT2D eigenvalue weighted by Gasteiger charge is 2.23. The minimum Gasteiger partial charge on any atom is -0.493 e. The molecule has 106 valence electrons. The van der Waals surface area contributed by atoms with Crippen LogP contribution >= 0.6 is 0 Å². The molecule has 1 aliphatic heterocycles. The van der Waals surface area contributed by atoms with E-state index >= 15 is 0 Å². The molecule has 0 fully saturated rings. The average Bonchev–Trinajstić information content (AvgIpc) is 2.37. The van der Waals surface area contributed by atoms with Gasteiger partial charge in [-0.1, -0.05) is 32.0 Å². The van der Waals surface area contributed by atoms with E-state index in [1.54, 1.807) is 0 Å². The first kappa shape index (κ1) is 14.4. The summed E-state index contributed by atoms with van der Waals surface area (Å²) in [5, 5.41) is 12.9. The number of hydrogen-bond donors (Lipinski definition) is 2. The average molecular weight is 263 g/mol. The quantitative estimate of drug-likeness (QED) is 0.858. The molecule has 1 aromatic rings. The molecule has 1 aromatic carbocycles. The fraction of sp³-hybridized carbons (Fsp3) is 0.625. The van der Waals surface area contributed by atoms with Crippen molar-refractivity contribution in [2.24, 2.45) is 0 Å². The Morgan fingerprint density at radius 1 is 1.37 bits per heavy atom. The van der Waals surface area contributed by atoms with Crippen LogP contribution in [0.15, 0.2) is 18.2 Å². The summed E-state index contributed by atoms with van der Waals surface area (Å²) < 4.78 is 5.88. The minimum absolute atomic E-state index is 0.242. The minimum atomic E-state index is -0.242. The Labute approximate surface area is 116 Å². The highest BCUT2D eigenvalue weighted by atomic mass is 16.5. The van der Waals surface area contributed by atoms with E-state index in [9.17, 15) is 5.11 Å². The molecule has 3 heteroatoms. The molecule has 19 heavy (non-hydrogen) atoms. The molecule has 1 heterocycles. The van der Waals surface area contributed by atoms with Crippen LogP contribution in [0.4, 0.5) is 0 Å². The molecular formula is C16H25NO2. The molecular weight excluding hydrogens is 238 g/mol. The van der Waals surface area contributed by atoms with E-state index in [0.717, 1.165) is 31.7 Å². The zero-order valence-electron chi connectivity index (χ0n) is 12.1. The molecule has 0 radical (unpaired) electrons. The molecule has 0 spiro atoms. The van der Waals surface area contributed by atoms with Crippen molar-refractivity contribution in [1.82, 2.24) is 5.32 Å². The van der Waals surface area contributed by atoms with Gasteiger partial charge in [0.2, 0.25) is 0 Å². The summed E-state index contributed by atoms with van der Waals surface area (Å²) in [4.78, 5) is 0. The molecule has 0 saturated carbocycles. The van der Waals surface area contributed by atoms with Gasteiger partial charge in [0.25, 0.3) is 0 Å². The summed E-state index contributed by atoms with van der Waals surface area (Å²) in [6.45, 7) is 7.83. The Hall–Kier alpha value is -1.06. The Bertz CT molecular complexity index is 415. The predicted molar refractivity (Wildman–Crippen MR) is 77.7 cm³/mol. The number of benzene rings is 1. The van der Waals surface area contributed by atoms with Gasteiger partial charge in [0.1, 0.15) is 5.75 Å². The molecule has 2 unspecified atom stereocenters. The van der Waals surface area contributed by atoms with Gasteiger partial charge in [-0.05, 0) is 31.4 Å². The van der Waals surface area contributed by atoms with Crippen LogP contribution in [0.1, 0.15) is 56.7 Å². The van der Waals surface area contributed by atoms with Crippen molar-refractivity contribution >= 4 is 0 Å². The number of para-hydroxylation sites is 1. The van der Waals surface area contributed by atoms with Crippen molar-refractivity contribution in [3.63, 3.8) is 0 Å². The smallest absolute Gasteiger partial charge is 0.127 e. The lowest BCUT2D eigenvalue weighted by atomic mass is 9.93. The molecule has 0 amide bonds. The monoisotopic (exact) mass is 263 g/mol. The fourth-order valence-electron chi connectivity index (χ4n) is 2.58. The van der Waals surface area contributed by atoms with Crippen LogP contribution in [-0.4, -0.2) is 24.4 Å². The van der Waals surface area contributed by atoms with E-state index < -0.39 is 0 Å². The summed E-state index contributed by atoms with van der Waals surface area (Å²) in [7, 11) is 0. The van der Waals surface area contributed by atoms with E-state index in [1.165, 1.54) is 11.1 Å². The normalized spacial score (nSPS) is 19.9. The van der Waals surface area contributed by atoms with Gasteiger partial charge in [-0.3, -0.25) is 0 Å². The number of fused-ring (bicyclic) bond motifs is 1. The number of ether oxygens (including phenoxy) is 1. The highest BCUT2D eigenvalue weighted by molar-refractivity contribution is 5.46. The van der Waals surface area contributed by atoms with Gasteiger partial charge in [-0.25, -0.2) is 0 Å². The topological polar surface area (TPSA) is 41.5 Å². The fourth-order valence-corrected chi connectivity index (χ4v) is 2.58. The largest absolute Gasteiger partial charge is 0.493 e. The third-order valence-electron chi connectivity index (χ3n) is 3.68. The maximum atomic E-state index is 9.33. The number of rotatable bonds is 5. The van der Waals surface area contributed by atoms with E-state index in [0.29, 0.717) is 12.0 Å².